The molecule has 0 aliphatic carbocycles. The summed E-state index contributed by atoms with van der Waals surface area (Å²) in [4.78, 5) is 36.7. The molecule has 0 fully saturated rings. The fourth-order valence-corrected chi connectivity index (χ4v) is 2.72. The number of hydrogen-bond acceptors (Lipinski definition) is 5. The normalized spacial score (nSPS) is 11.7. The number of pyridine rings is 1. The lowest BCUT2D eigenvalue weighted by molar-refractivity contribution is -0.124. The first-order valence-electron chi connectivity index (χ1n) is 9.45. The Morgan fingerprint density at radius 2 is 1.83 bits per heavy atom. The molecular formula is C22H24N4O3. The highest BCUT2D eigenvalue weighted by molar-refractivity contribution is 5.97. The van der Waals surface area contributed by atoms with Gasteiger partial charge in [-0.05, 0) is 51.0 Å². The molecule has 0 spiro atoms. The van der Waals surface area contributed by atoms with Crippen LogP contribution in [0.25, 0.3) is 11.4 Å². The molecule has 1 amide bonds. The van der Waals surface area contributed by atoms with E-state index in [-0.39, 0.29) is 0 Å². The van der Waals surface area contributed by atoms with Crippen LogP contribution in [-0.2, 0) is 9.53 Å². The van der Waals surface area contributed by atoms with Crippen LogP contribution in [0.4, 0.5) is 5.82 Å². The van der Waals surface area contributed by atoms with E-state index in [2.05, 4.69) is 20.3 Å². The molecule has 1 atom stereocenters. The van der Waals surface area contributed by atoms with Crippen LogP contribution in [0.1, 0.15) is 40.7 Å². The Bertz CT molecular complexity index is 988. The maximum absolute atomic E-state index is 12.5. The van der Waals surface area contributed by atoms with Crippen LogP contribution in [0.5, 0.6) is 0 Å². The molecule has 150 valence electrons. The quantitative estimate of drug-likeness (QED) is 0.619. The van der Waals surface area contributed by atoms with Crippen LogP contribution < -0.4 is 5.32 Å². The lowest BCUT2D eigenvalue weighted by Crippen LogP contribution is -2.32. The molecule has 0 saturated carbocycles. The van der Waals surface area contributed by atoms with Gasteiger partial charge in [-0.2, -0.15) is 0 Å². The number of anilines is 1. The summed E-state index contributed by atoms with van der Waals surface area (Å²) in [5.41, 5.74) is 4.16. The molecule has 0 radical (unpaired) electrons. The lowest BCUT2D eigenvalue weighted by atomic mass is 10.1. The number of aryl methyl sites for hydroxylation is 3. The fourth-order valence-electron chi connectivity index (χ4n) is 2.72. The number of esters is 1. The van der Waals surface area contributed by atoms with Crippen molar-refractivity contribution in [2.24, 2.45) is 0 Å². The van der Waals surface area contributed by atoms with Gasteiger partial charge in [0.25, 0.3) is 5.91 Å². The number of nitrogens with zero attached hydrogens (tertiary/aromatic N) is 2. The van der Waals surface area contributed by atoms with E-state index < -0.39 is 18.0 Å². The number of benzene rings is 1. The zero-order chi connectivity index (χ0) is 21.0. The third kappa shape index (κ3) is 4.87. The van der Waals surface area contributed by atoms with E-state index in [9.17, 15) is 9.59 Å². The zero-order valence-electron chi connectivity index (χ0n) is 16.9. The molecule has 29 heavy (non-hydrogen) atoms. The van der Waals surface area contributed by atoms with Gasteiger partial charge in [0, 0.05) is 17.5 Å². The summed E-state index contributed by atoms with van der Waals surface area (Å²) in [7, 11) is 0. The Morgan fingerprint density at radius 3 is 2.38 bits per heavy atom. The first-order chi connectivity index (χ1) is 13.9. The van der Waals surface area contributed by atoms with Gasteiger partial charge in [-0.25, -0.2) is 14.8 Å². The van der Waals surface area contributed by atoms with Gasteiger partial charge in [0.05, 0.1) is 11.3 Å². The third-order valence-corrected chi connectivity index (χ3v) is 4.60. The summed E-state index contributed by atoms with van der Waals surface area (Å²) < 4.78 is 5.41. The van der Waals surface area contributed by atoms with Crippen LogP contribution in [0.3, 0.4) is 0 Å². The van der Waals surface area contributed by atoms with Crippen molar-refractivity contribution < 1.29 is 14.3 Å². The molecule has 7 heteroatoms. The highest BCUT2D eigenvalue weighted by atomic mass is 16.5. The molecule has 2 aromatic heterocycles. The average molecular weight is 392 g/mol. The Hall–Kier alpha value is -3.48. The molecule has 3 aromatic rings. The lowest BCUT2D eigenvalue weighted by Gasteiger charge is -2.16. The van der Waals surface area contributed by atoms with E-state index in [1.165, 1.54) is 0 Å². The van der Waals surface area contributed by atoms with Crippen molar-refractivity contribution in [3.05, 3.63) is 65.1 Å². The summed E-state index contributed by atoms with van der Waals surface area (Å²) in [5, 5.41) is 2.68. The minimum atomic E-state index is -0.902. The number of ether oxygens (including phenoxy) is 1. The van der Waals surface area contributed by atoms with Gasteiger partial charge in [0.1, 0.15) is 11.6 Å². The van der Waals surface area contributed by atoms with Crippen LogP contribution >= 0.6 is 0 Å². The minimum Gasteiger partial charge on any atom is -0.449 e. The van der Waals surface area contributed by atoms with Crippen molar-refractivity contribution in [2.75, 3.05) is 5.32 Å². The zero-order valence-corrected chi connectivity index (χ0v) is 16.9. The van der Waals surface area contributed by atoms with Crippen molar-refractivity contribution in [2.45, 2.75) is 40.2 Å². The number of nitrogens with one attached hydrogen (secondary N) is 2. The number of rotatable bonds is 6. The Kier molecular flexibility index (Phi) is 6.07. The summed E-state index contributed by atoms with van der Waals surface area (Å²) in [6.07, 6.45) is 1.11. The maximum atomic E-state index is 12.5. The standard InChI is InChI=1S/C22H24N4O3/c1-5-18(21(27)26-19-11-6-13(2)12-23-19)29-22(28)17-9-7-16(8-10-17)20-24-14(3)15(4)25-20/h6-12,18H,5H2,1-4H3,(H,24,25)(H,23,26,27). The van der Waals surface area contributed by atoms with Crippen LogP contribution in [0.2, 0.25) is 0 Å². The second-order valence-corrected chi connectivity index (χ2v) is 6.89. The number of aromatic amines is 1. The third-order valence-electron chi connectivity index (χ3n) is 4.60. The van der Waals surface area contributed by atoms with Crippen molar-refractivity contribution >= 4 is 17.7 Å². The largest absolute Gasteiger partial charge is 0.449 e. The van der Waals surface area contributed by atoms with Gasteiger partial charge in [-0.1, -0.05) is 25.1 Å². The Labute approximate surface area is 169 Å². The van der Waals surface area contributed by atoms with E-state index in [1.54, 1.807) is 43.5 Å². The van der Waals surface area contributed by atoms with Crippen molar-refractivity contribution in [3.63, 3.8) is 0 Å². The molecule has 7 nitrogen and oxygen atoms in total. The molecule has 3 rings (SSSR count). The highest BCUT2D eigenvalue weighted by Gasteiger charge is 2.22. The van der Waals surface area contributed by atoms with Crippen molar-refractivity contribution in [3.8, 4) is 11.4 Å². The molecule has 0 aliphatic heterocycles. The topological polar surface area (TPSA) is 97.0 Å². The monoisotopic (exact) mass is 392 g/mol. The van der Waals surface area contributed by atoms with Gasteiger partial charge >= 0.3 is 5.97 Å². The predicted octanol–water partition coefficient (Wildman–Crippen LogP) is 3.97. The van der Waals surface area contributed by atoms with E-state index >= 15 is 0 Å². The second kappa shape index (κ2) is 8.68. The Morgan fingerprint density at radius 1 is 1.10 bits per heavy atom. The first-order valence-corrected chi connectivity index (χ1v) is 9.45. The number of H-pyrrole nitrogens is 1. The number of carbonyl (C=O) groups excluding carboxylic acids is 2. The molecular weight excluding hydrogens is 368 g/mol. The number of aromatic nitrogens is 3. The number of carbonyl (C=O) groups is 2. The molecule has 1 unspecified atom stereocenters. The van der Waals surface area contributed by atoms with Crippen LogP contribution in [0, 0.1) is 20.8 Å². The summed E-state index contributed by atoms with van der Waals surface area (Å²) in [5.74, 6) is 0.206. The van der Waals surface area contributed by atoms with Crippen LogP contribution in [-0.4, -0.2) is 32.9 Å². The fraction of sp³-hybridized carbons (Fsp3) is 0.273. The Balaban J connectivity index is 1.65. The number of hydrogen-bond donors (Lipinski definition) is 2. The van der Waals surface area contributed by atoms with Gasteiger partial charge in [0.15, 0.2) is 6.10 Å². The summed E-state index contributed by atoms with van der Waals surface area (Å²) in [6, 6.07) is 10.5. The highest BCUT2D eigenvalue weighted by Crippen LogP contribution is 2.19. The molecule has 1 aromatic carbocycles. The molecule has 0 saturated heterocycles. The average Bonchev–Trinajstić information content (AvgIpc) is 3.06. The second-order valence-electron chi connectivity index (χ2n) is 6.89. The van der Waals surface area contributed by atoms with Gasteiger partial charge in [-0.3, -0.25) is 4.79 Å². The predicted molar refractivity (Wildman–Crippen MR) is 111 cm³/mol. The van der Waals surface area contributed by atoms with Gasteiger partial charge in [-0.15, -0.1) is 0 Å². The molecule has 0 aliphatic rings. The SMILES string of the molecule is CCC(OC(=O)c1ccc(-c2nc(C)c(C)[nH]2)cc1)C(=O)Nc1ccc(C)cn1. The van der Waals surface area contributed by atoms with E-state index in [1.807, 2.05) is 26.8 Å². The number of amides is 1. The van der Waals surface area contributed by atoms with Crippen LogP contribution in [0.15, 0.2) is 42.6 Å². The van der Waals surface area contributed by atoms with E-state index in [4.69, 9.17) is 4.74 Å². The first kappa shape index (κ1) is 20.3. The van der Waals surface area contributed by atoms with E-state index in [0.29, 0.717) is 17.8 Å². The van der Waals surface area contributed by atoms with Gasteiger partial charge in [0.2, 0.25) is 0 Å². The summed E-state index contributed by atoms with van der Waals surface area (Å²) >= 11 is 0. The maximum Gasteiger partial charge on any atom is 0.338 e. The number of imidazole rings is 1. The molecule has 2 N–H and O–H groups in total. The summed E-state index contributed by atoms with van der Waals surface area (Å²) in [6.45, 7) is 7.59. The van der Waals surface area contributed by atoms with Crippen molar-refractivity contribution in [1.29, 1.82) is 0 Å². The molecule has 2 heterocycles. The van der Waals surface area contributed by atoms with Crippen molar-refractivity contribution in [1.82, 2.24) is 15.0 Å². The smallest absolute Gasteiger partial charge is 0.338 e. The van der Waals surface area contributed by atoms with E-state index in [0.717, 1.165) is 28.3 Å². The van der Waals surface area contributed by atoms with Gasteiger partial charge < -0.3 is 15.0 Å². The molecule has 0 bridgehead atoms. The minimum absolute atomic E-state index is 0.354.